The molecule has 0 N–H and O–H groups in total. The molecule has 0 aromatic heterocycles. The fraction of sp³-hybridized carbons (Fsp3) is 0.100. The van der Waals surface area contributed by atoms with Crippen LogP contribution in [0.15, 0.2) is 66.7 Å². The van der Waals surface area contributed by atoms with Crippen molar-refractivity contribution < 1.29 is 9.85 Å². The van der Waals surface area contributed by atoms with E-state index in [-0.39, 0.29) is 11.4 Å². The third-order valence-corrected chi connectivity index (χ3v) is 7.14. The molecule has 0 atom stereocenters. The summed E-state index contributed by atoms with van der Waals surface area (Å²) >= 11 is 0. The van der Waals surface area contributed by atoms with Crippen molar-refractivity contribution in [1.29, 1.82) is 0 Å². The summed E-state index contributed by atoms with van der Waals surface area (Å²) in [6, 6.07) is 18.7. The van der Waals surface area contributed by atoms with Crippen LogP contribution in [0.4, 0.5) is 11.4 Å². The lowest BCUT2D eigenvalue weighted by atomic mass is 10.1. The van der Waals surface area contributed by atoms with Gasteiger partial charge in [-0.2, -0.15) is 0 Å². The molecule has 0 saturated carbocycles. The number of nitro groups is 2. The van der Waals surface area contributed by atoms with E-state index in [2.05, 4.69) is 0 Å². The van der Waals surface area contributed by atoms with Crippen molar-refractivity contribution in [3.05, 3.63) is 98.1 Å². The first-order valence-electron chi connectivity index (χ1n) is 8.25. The molecule has 0 amide bonds. The van der Waals surface area contributed by atoms with Crippen LogP contribution in [0, 0.1) is 34.1 Å². The van der Waals surface area contributed by atoms with E-state index in [0.717, 1.165) is 16.4 Å². The molecule has 0 aliphatic carbocycles. The minimum Gasteiger partial charge on any atom is -0.258 e. The standard InChI is InChI=1S/C20H17N2O4P/c1-14-8-7-13-18(15(14)2)27(19-11-5-3-9-16(19)21(23)24)20-12-6-4-10-17(20)22(25)26/h3-13H,1-2H3. The Balaban J connectivity index is 2.38. The fourth-order valence-electron chi connectivity index (χ4n) is 2.98. The Morgan fingerprint density at radius 1 is 0.667 bits per heavy atom. The van der Waals surface area contributed by atoms with Gasteiger partial charge in [-0.15, -0.1) is 0 Å². The van der Waals surface area contributed by atoms with Crippen molar-refractivity contribution >= 4 is 35.2 Å². The SMILES string of the molecule is Cc1cccc(P(c2ccccc2[N+](=O)[O-])c2ccccc2[N+](=O)[O-])c1C. The van der Waals surface area contributed by atoms with Crippen LogP contribution >= 0.6 is 7.92 Å². The molecule has 3 aromatic carbocycles. The fourth-order valence-corrected chi connectivity index (χ4v) is 5.75. The molecule has 0 bridgehead atoms. The van der Waals surface area contributed by atoms with Crippen molar-refractivity contribution in [1.82, 2.24) is 0 Å². The van der Waals surface area contributed by atoms with Crippen molar-refractivity contribution in [3.8, 4) is 0 Å². The lowest BCUT2D eigenvalue weighted by Gasteiger charge is -2.21. The molecule has 0 spiro atoms. The molecule has 0 unspecified atom stereocenters. The number of para-hydroxylation sites is 2. The van der Waals surface area contributed by atoms with Gasteiger partial charge in [0, 0.05) is 20.1 Å². The van der Waals surface area contributed by atoms with Crippen LogP contribution in [0.2, 0.25) is 0 Å². The van der Waals surface area contributed by atoms with Crippen LogP contribution in [0.25, 0.3) is 0 Å². The Morgan fingerprint density at radius 3 is 1.59 bits per heavy atom. The average Bonchev–Trinajstić information content (AvgIpc) is 2.66. The van der Waals surface area contributed by atoms with Gasteiger partial charge in [0.25, 0.3) is 11.4 Å². The lowest BCUT2D eigenvalue weighted by molar-refractivity contribution is -0.383. The summed E-state index contributed by atoms with van der Waals surface area (Å²) in [5.74, 6) is 0. The minimum absolute atomic E-state index is 0.0253. The predicted octanol–water partition coefficient (Wildman–Crippen LogP) is 3.88. The highest BCUT2D eigenvalue weighted by atomic mass is 31.1. The first kappa shape index (κ1) is 18.7. The largest absolute Gasteiger partial charge is 0.277 e. The van der Waals surface area contributed by atoms with E-state index < -0.39 is 17.8 Å². The summed E-state index contributed by atoms with van der Waals surface area (Å²) in [5, 5.41) is 25.2. The molecule has 0 aliphatic heterocycles. The van der Waals surface area contributed by atoms with E-state index >= 15 is 0 Å². The van der Waals surface area contributed by atoms with Crippen molar-refractivity contribution in [2.45, 2.75) is 13.8 Å². The summed E-state index contributed by atoms with van der Waals surface area (Å²) in [6.07, 6.45) is 0. The maximum atomic E-state index is 11.6. The van der Waals surface area contributed by atoms with E-state index in [4.69, 9.17) is 0 Å². The summed E-state index contributed by atoms with van der Waals surface area (Å²) in [4.78, 5) is 22.4. The Kier molecular flexibility index (Phi) is 5.28. The first-order chi connectivity index (χ1) is 12.9. The molecule has 6 nitrogen and oxygen atoms in total. The Hall–Kier alpha value is -3.11. The molecule has 0 fully saturated rings. The summed E-state index contributed by atoms with van der Waals surface area (Å²) in [7, 11) is -1.47. The van der Waals surface area contributed by atoms with Crippen LogP contribution < -0.4 is 15.9 Å². The highest BCUT2D eigenvalue weighted by Gasteiger charge is 2.30. The van der Waals surface area contributed by atoms with E-state index in [1.165, 1.54) is 12.1 Å². The van der Waals surface area contributed by atoms with Gasteiger partial charge >= 0.3 is 0 Å². The smallest absolute Gasteiger partial charge is 0.258 e. The number of hydrogen-bond acceptors (Lipinski definition) is 4. The quantitative estimate of drug-likeness (QED) is 0.382. The van der Waals surface area contributed by atoms with E-state index in [9.17, 15) is 20.2 Å². The highest BCUT2D eigenvalue weighted by Crippen LogP contribution is 2.40. The van der Waals surface area contributed by atoms with Crippen LogP contribution in [-0.2, 0) is 0 Å². The molecule has 136 valence electrons. The number of nitrogens with zero attached hydrogens (tertiary/aromatic N) is 2. The second-order valence-corrected chi connectivity index (χ2v) is 8.16. The van der Waals surface area contributed by atoms with Gasteiger partial charge in [0.05, 0.1) is 20.5 Å². The second kappa shape index (κ2) is 7.64. The van der Waals surface area contributed by atoms with Crippen molar-refractivity contribution in [3.63, 3.8) is 0 Å². The maximum Gasteiger partial charge on any atom is 0.277 e. The first-order valence-corrected chi connectivity index (χ1v) is 9.59. The summed E-state index contributed by atoms with van der Waals surface area (Å²) < 4.78 is 0. The van der Waals surface area contributed by atoms with Gasteiger partial charge in [0.1, 0.15) is 0 Å². The third-order valence-electron chi connectivity index (χ3n) is 4.46. The van der Waals surface area contributed by atoms with Crippen LogP contribution in [-0.4, -0.2) is 9.85 Å². The number of aryl methyl sites for hydroxylation is 1. The third kappa shape index (κ3) is 3.57. The molecule has 7 heteroatoms. The predicted molar refractivity (Wildman–Crippen MR) is 108 cm³/mol. The molecule has 3 rings (SSSR count). The molecule has 0 saturated heterocycles. The van der Waals surface area contributed by atoms with Gasteiger partial charge < -0.3 is 0 Å². The summed E-state index contributed by atoms with van der Waals surface area (Å²) in [5.41, 5.74) is 1.97. The van der Waals surface area contributed by atoms with Crippen LogP contribution in [0.3, 0.4) is 0 Å². The molecule has 0 aliphatic rings. The van der Waals surface area contributed by atoms with Gasteiger partial charge in [-0.05, 0) is 42.4 Å². The van der Waals surface area contributed by atoms with E-state index in [1.807, 2.05) is 32.0 Å². The van der Waals surface area contributed by atoms with Crippen molar-refractivity contribution in [2.24, 2.45) is 0 Å². The minimum atomic E-state index is -1.47. The Bertz CT molecular complexity index is 978. The van der Waals surface area contributed by atoms with Gasteiger partial charge in [0.2, 0.25) is 0 Å². The Labute approximate surface area is 157 Å². The number of nitro benzene ring substituents is 2. The number of hydrogen-bond donors (Lipinski definition) is 0. The maximum absolute atomic E-state index is 11.6. The van der Waals surface area contributed by atoms with Crippen LogP contribution in [0.1, 0.15) is 11.1 Å². The number of rotatable bonds is 5. The average molecular weight is 380 g/mol. The molecule has 0 radical (unpaired) electrons. The van der Waals surface area contributed by atoms with Gasteiger partial charge in [-0.25, -0.2) is 0 Å². The summed E-state index contributed by atoms with van der Waals surface area (Å²) in [6.45, 7) is 3.91. The second-order valence-electron chi connectivity index (χ2n) is 6.05. The van der Waals surface area contributed by atoms with Gasteiger partial charge in [-0.1, -0.05) is 42.5 Å². The zero-order valence-electron chi connectivity index (χ0n) is 14.8. The van der Waals surface area contributed by atoms with E-state index in [1.54, 1.807) is 36.4 Å². The Morgan fingerprint density at radius 2 is 1.11 bits per heavy atom. The molecule has 0 heterocycles. The number of benzene rings is 3. The van der Waals surface area contributed by atoms with Gasteiger partial charge in [-0.3, -0.25) is 20.2 Å². The van der Waals surface area contributed by atoms with Crippen LogP contribution in [0.5, 0.6) is 0 Å². The lowest BCUT2D eigenvalue weighted by Crippen LogP contribution is -2.26. The van der Waals surface area contributed by atoms with E-state index in [0.29, 0.717) is 10.6 Å². The van der Waals surface area contributed by atoms with Crippen molar-refractivity contribution in [2.75, 3.05) is 0 Å². The zero-order chi connectivity index (χ0) is 19.6. The molecule has 3 aromatic rings. The topological polar surface area (TPSA) is 86.3 Å². The van der Waals surface area contributed by atoms with Gasteiger partial charge in [0.15, 0.2) is 0 Å². The molecular formula is C20H17N2O4P. The molecule has 27 heavy (non-hydrogen) atoms. The zero-order valence-corrected chi connectivity index (χ0v) is 15.7. The molecular weight excluding hydrogens is 363 g/mol. The highest BCUT2D eigenvalue weighted by molar-refractivity contribution is 7.80. The monoisotopic (exact) mass is 380 g/mol. The normalized spacial score (nSPS) is 10.8.